The third-order valence-electron chi connectivity index (χ3n) is 3.30. The minimum atomic E-state index is -3.53. The van der Waals surface area contributed by atoms with E-state index >= 15 is 0 Å². The molecule has 0 heterocycles. The van der Waals surface area contributed by atoms with Crippen LogP contribution >= 0.6 is 0 Å². The van der Waals surface area contributed by atoms with Crippen molar-refractivity contribution in [1.29, 1.82) is 0 Å². The van der Waals surface area contributed by atoms with Crippen molar-refractivity contribution >= 4 is 26.7 Å². The normalized spacial score (nSPS) is 14.5. The first-order valence-corrected chi connectivity index (χ1v) is 10.2. The van der Waals surface area contributed by atoms with E-state index in [0.717, 1.165) is 10.7 Å². The first-order valence-electron chi connectivity index (χ1n) is 7.36. The Kier molecular flexibility index (Phi) is 7.37. The molecule has 1 N–H and O–H groups in total. The molecule has 2 atom stereocenters. The van der Waals surface area contributed by atoms with Crippen LogP contribution in [-0.4, -0.2) is 48.7 Å². The van der Waals surface area contributed by atoms with Crippen LogP contribution in [-0.2, 0) is 31.4 Å². The highest BCUT2D eigenvalue weighted by Crippen LogP contribution is 2.16. The molecule has 0 aliphatic carbocycles. The lowest BCUT2D eigenvalue weighted by molar-refractivity contribution is -0.120. The van der Waals surface area contributed by atoms with Crippen molar-refractivity contribution in [2.45, 2.75) is 36.2 Å². The molecule has 0 radical (unpaired) electrons. The van der Waals surface area contributed by atoms with E-state index in [1.165, 1.54) is 26.2 Å². The Balaban J connectivity index is 2.86. The Morgan fingerprint density at radius 3 is 2.57 bits per heavy atom. The molecule has 1 aromatic carbocycles. The zero-order valence-electron chi connectivity index (χ0n) is 13.9. The zero-order valence-corrected chi connectivity index (χ0v) is 15.5. The van der Waals surface area contributed by atoms with E-state index in [-0.39, 0.29) is 16.6 Å². The largest absolute Gasteiger partial charge is 0.355 e. The maximum Gasteiger partial charge on any atom is 0.242 e. The van der Waals surface area contributed by atoms with Crippen LogP contribution in [0.15, 0.2) is 29.2 Å². The molecule has 1 rings (SSSR count). The van der Waals surface area contributed by atoms with Gasteiger partial charge in [-0.05, 0) is 31.0 Å². The lowest BCUT2D eigenvalue weighted by atomic mass is 10.2. The van der Waals surface area contributed by atoms with Crippen LogP contribution in [0.4, 0.5) is 0 Å². The van der Waals surface area contributed by atoms with Gasteiger partial charge in [0.1, 0.15) is 5.25 Å². The summed E-state index contributed by atoms with van der Waals surface area (Å²) in [5.41, 5.74) is 0.626. The minimum absolute atomic E-state index is 0.136. The van der Waals surface area contributed by atoms with Crippen molar-refractivity contribution in [2.24, 2.45) is 0 Å². The van der Waals surface area contributed by atoms with Crippen LogP contribution in [0, 0.1) is 0 Å². The number of sulfonamides is 1. The molecule has 0 saturated carbocycles. The molecular formula is C15H24N2O4S2. The van der Waals surface area contributed by atoms with Crippen molar-refractivity contribution < 1.29 is 17.4 Å². The Bertz CT molecular complexity index is 672. The fraction of sp³-hybridized carbons (Fsp3) is 0.533. The van der Waals surface area contributed by atoms with E-state index in [4.69, 9.17) is 0 Å². The molecule has 0 bridgehead atoms. The molecule has 0 saturated heterocycles. The molecule has 0 unspecified atom stereocenters. The number of carbonyl (C=O) groups excluding carboxylic acids is 1. The molecule has 8 heteroatoms. The molecule has 0 aliphatic heterocycles. The van der Waals surface area contributed by atoms with Crippen LogP contribution in [0.2, 0.25) is 0 Å². The first kappa shape index (κ1) is 19.8. The average molecular weight is 361 g/mol. The van der Waals surface area contributed by atoms with Crippen LogP contribution in [0.5, 0.6) is 0 Å². The van der Waals surface area contributed by atoms with Crippen molar-refractivity contribution in [3.63, 3.8) is 0 Å². The molecule has 6 nitrogen and oxygen atoms in total. The summed E-state index contributed by atoms with van der Waals surface area (Å²) in [6.07, 6.45) is 0.815. The number of nitrogens with one attached hydrogen (secondary N) is 1. The Hall–Kier alpha value is -1.25. The Morgan fingerprint density at radius 1 is 1.35 bits per heavy atom. The minimum Gasteiger partial charge on any atom is -0.355 e. The molecule has 0 aromatic heterocycles. The third-order valence-corrected chi connectivity index (χ3v) is 6.73. The highest BCUT2D eigenvalue weighted by Gasteiger charge is 2.21. The monoisotopic (exact) mass is 360 g/mol. The van der Waals surface area contributed by atoms with Gasteiger partial charge in [-0.2, -0.15) is 0 Å². The van der Waals surface area contributed by atoms with E-state index < -0.39 is 26.1 Å². The highest BCUT2D eigenvalue weighted by molar-refractivity contribution is 7.89. The topological polar surface area (TPSA) is 83.5 Å². The van der Waals surface area contributed by atoms with Gasteiger partial charge < -0.3 is 5.32 Å². The van der Waals surface area contributed by atoms with Gasteiger partial charge in [0.25, 0.3) is 0 Å². The summed E-state index contributed by atoms with van der Waals surface area (Å²) in [6.45, 7) is 4.11. The molecule has 1 aromatic rings. The van der Waals surface area contributed by atoms with Gasteiger partial charge in [-0.15, -0.1) is 0 Å². The van der Waals surface area contributed by atoms with Gasteiger partial charge in [0.2, 0.25) is 15.9 Å². The van der Waals surface area contributed by atoms with Gasteiger partial charge in [-0.1, -0.05) is 19.1 Å². The summed E-state index contributed by atoms with van der Waals surface area (Å²) < 4.78 is 37.7. The molecule has 130 valence electrons. The number of carbonyl (C=O) groups is 1. The van der Waals surface area contributed by atoms with E-state index in [0.29, 0.717) is 12.1 Å². The smallest absolute Gasteiger partial charge is 0.242 e. The quantitative estimate of drug-likeness (QED) is 0.752. The second-order valence-electron chi connectivity index (χ2n) is 5.39. The summed E-state index contributed by atoms with van der Waals surface area (Å²) in [7, 11) is -2.03. The summed E-state index contributed by atoms with van der Waals surface area (Å²) in [6, 6.07) is 6.33. The molecular weight excluding hydrogens is 336 g/mol. The number of hydrogen-bond acceptors (Lipinski definition) is 4. The first-order chi connectivity index (χ1) is 10.7. The van der Waals surface area contributed by atoms with Gasteiger partial charge in [0, 0.05) is 37.2 Å². The summed E-state index contributed by atoms with van der Waals surface area (Å²) in [5, 5.41) is 2.07. The maximum atomic E-state index is 12.3. The number of benzene rings is 1. The fourth-order valence-corrected chi connectivity index (χ4v) is 3.86. The number of amides is 1. The van der Waals surface area contributed by atoms with Crippen molar-refractivity contribution in [2.75, 3.05) is 20.6 Å². The van der Waals surface area contributed by atoms with Gasteiger partial charge in [0.05, 0.1) is 4.90 Å². The number of rotatable bonds is 8. The van der Waals surface area contributed by atoms with Crippen LogP contribution in [0.3, 0.4) is 0 Å². The number of hydrogen-bond donors (Lipinski definition) is 1. The summed E-state index contributed by atoms with van der Waals surface area (Å²) in [4.78, 5) is 12.0. The third kappa shape index (κ3) is 5.40. The predicted octanol–water partition coefficient (Wildman–Crippen LogP) is 1.10. The van der Waals surface area contributed by atoms with E-state index in [1.54, 1.807) is 19.1 Å². The van der Waals surface area contributed by atoms with Gasteiger partial charge in [0.15, 0.2) is 0 Å². The van der Waals surface area contributed by atoms with Crippen molar-refractivity contribution in [1.82, 2.24) is 9.62 Å². The standard InChI is InChI=1S/C15H24N2O4S2/c1-5-9-16-15(18)12(2)22(19)11-13-7-6-8-14(10-13)23(20,21)17(3)4/h6-8,10,12H,5,9,11H2,1-4H3,(H,16,18)/t12-,22-/m0/s1. The lowest BCUT2D eigenvalue weighted by Crippen LogP contribution is -2.36. The van der Waals surface area contributed by atoms with Crippen LogP contribution < -0.4 is 5.32 Å². The van der Waals surface area contributed by atoms with Crippen LogP contribution in [0.1, 0.15) is 25.8 Å². The van der Waals surface area contributed by atoms with Gasteiger partial charge in [-0.3, -0.25) is 9.00 Å². The van der Waals surface area contributed by atoms with E-state index in [9.17, 15) is 17.4 Å². The second-order valence-corrected chi connectivity index (χ2v) is 9.30. The van der Waals surface area contributed by atoms with E-state index in [1.807, 2.05) is 6.92 Å². The SMILES string of the molecule is CCCNC(=O)[C@H](C)[S@@](=O)Cc1cccc(S(=O)(=O)N(C)C)c1. The van der Waals surface area contributed by atoms with Crippen molar-refractivity contribution in [3.8, 4) is 0 Å². The predicted molar refractivity (Wildman–Crippen MR) is 91.9 cm³/mol. The lowest BCUT2D eigenvalue weighted by Gasteiger charge is -2.14. The van der Waals surface area contributed by atoms with E-state index in [2.05, 4.69) is 5.32 Å². The fourth-order valence-electron chi connectivity index (χ4n) is 1.81. The molecule has 1 amide bonds. The highest BCUT2D eigenvalue weighted by atomic mass is 32.2. The molecule has 0 spiro atoms. The summed E-state index contributed by atoms with van der Waals surface area (Å²) >= 11 is 0. The zero-order chi connectivity index (χ0) is 17.6. The summed E-state index contributed by atoms with van der Waals surface area (Å²) in [5.74, 6) is -0.112. The van der Waals surface area contributed by atoms with Crippen LogP contribution in [0.25, 0.3) is 0 Å². The second kappa shape index (κ2) is 8.56. The Morgan fingerprint density at radius 2 is 2.00 bits per heavy atom. The van der Waals surface area contributed by atoms with Gasteiger partial charge >= 0.3 is 0 Å². The molecule has 0 aliphatic rings. The average Bonchev–Trinajstić information content (AvgIpc) is 2.51. The Labute approximate surface area is 140 Å². The van der Waals surface area contributed by atoms with Gasteiger partial charge in [-0.25, -0.2) is 12.7 Å². The number of nitrogens with zero attached hydrogens (tertiary/aromatic N) is 1. The maximum absolute atomic E-state index is 12.3. The van der Waals surface area contributed by atoms with Crippen molar-refractivity contribution in [3.05, 3.63) is 29.8 Å². The molecule has 0 fully saturated rings. The molecule has 23 heavy (non-hydrogen) atoms.